The number of carbonyl (C=O) groups excluding carboxylic acids is 2. The van der Waals surface area contributed by atoms with Gasteiger partial charge in [0.1, 0.15) is 11.6 Å². The molecular weight excluding hydrogens is 491 g/mol. The van der Waals surface area contributed by atoms with Crippen LogP contribution in [0.25, 0.3) is 5.65 Å². The number of pyridine rings is 2. The van der Waals surface area contributed by atoms with Crippen LogP contribution in [-0.4, -0.2) is 55.0 Å². The molecule has 6 N–H and O–H groups in total. The summed E-state index contributed by atoms with van der Waals surface area (Å²) >= 11 is 0. The van der Waals surface area contributed by atoms with Crippen molar-refractivity contribution in [2.24, 2.45) is 5.73 Å². The maximum atomic E-state index is 14.1. The highest BCUT2D eigenvalue weighted by Gasteiger charge is 2.24. The van der Waals surface area contributed by atoms with E-state index in [1.165, 1.54) is 23.0 Å². The van der Waals surface area contributed by atoms with Gasteiger partial charge < -0.3 is 27.0 Å². The molecule has 13 heteroatoms. The number of nitrogens with two attached hydrogens (primary N) is 1. The lowest BCUT2D eigenvalue weighted by atomic mass is 9.91. The largest absolute Gasteiger partial charge is 0.366 e. The third-order valence-corrected chi connectivity index (χ3v) is 6.28. The lowest BCUT2D eigenvalue weighted by molar-refractivity contribution is -0.120. The lowest BCUT2D eigenvalue weighted by Gasteiger charge is -2.30. The van der Waals surface area contributed by atoms with E-state index < -0.39 is 11.7 Å². The molecular formula is C25H27FN10O2. The Hall–Kier alpha value is -4.65. The minimum atomic E-state index is -0.652. The highest BCUT2D eigenvalue weighted by Crippen LogP contribution is 2.27. The number of amides is 2. The number of nitrogens with one attached hydrogen (secondary N) is 4. The van der Waals surface area contributed by atoms with E-state index in [0.717, 1.165) is 31.9 Å². The summed E-state index contributed by atoms with van der Waals surface area (Å²) in [6.45, 7) is -0.0250. The second-order valence-electron chi connectivity index (χ2n) is 8.94. The van der Waals surface area contributed by atoms with E-state index in [0.29, 0.717) is 23.0 Å². The Labute approximate surface area is 217 Å². The van der Waals surface area contributed by atoms with Crippen LogP contribution in [0.4, 0.5) is 27.4 Å². The van der Waals surface area contributed by atoms with Crippen molar-refractivity contribution in [1.82, 2.24) is 29.9 Å². The number of rotatable bonds is 8. The molecule has 1 saturated carbocycles. The third-order valence-electron chi connectivity index (χ3n) is 6.28. The molecule has 196 valence electrons. The molecule has 4 heterocycles. The summed E-state index contributed by atoms with van der Waals surface area (Å²) in [5.41, 5.74) is 6.51. The first kappa shape index (κ1) is 25.0. The Kier molecular flexibility index (Phi) is 7.35. The number of anilines is 4. The molecule has 38 heavy (non-hydrogen) atoms. The quantitative estimate of drug-likeness (QED) is 0.236. The first-order chi connectivity index (χ1) is 18.5. The van der Waals surface area contributed by atoms with Crippen molar-refractivity contribution in [2.45, 2.75) is 37.8 Å². The minimum Gasteiger partial charge on any atom is -0.366 e. The molecule has 4 aromatic rings. The fraction of sp³-hybridized carbons (Fsp3) is 0.280. The van der Waals surface area contributed by atoms with Crippen LogP contribution >= 0.6 is 0 Å². The van der Waals surface area contributed by atoms with Crippen LogP contribution in [0.3, 0.4) is 0 Å². The highest BCUT2D eigenvalue weighted by atomic mass is 19.1. The first-order valence-corrected chi connectivity index (χ1v) is 12.2. The Morgan fingerprint density at radius 2 is 1.82 bits per heavy atom. The molecule has 0 aliphatic heterocycles. The van der Waals surface area contributed by atoms with E-state index in [-0.39, 0.29) is 35.9 Å². The fourth-order valence-electron chi connectivity index (χ4n) is 4.40. The van der Waals surface area contributed by atoms with Gasteiger partial charge in [0.05, 0.1) is 30.3 Å². The molecule has 5 rings (SSSR count). The normalized spacial score (nSPS) is 17.1. The first-order valence-electron chi connectivity index (χ1n) is 12.2. The average molecular weight is 519 g/mol. The predicted octanol–water partition coefficient (Wildman–Crippen LogP) is 2.45. The van der Waals surface area contributed by atoms with Gasteiger partial charge in [-0.1, -0.05) is 6.07 Å². The zero-order chi connectivity index (χ0) is 26.5. The molecule has 1 fully saturated rings. The molecule has 1 aliphatic carbocycles. The number of fused-ring (bicyclic) bond motifs is 1. The van der Waals surface area contributed by atoms with Gasteiger partial charge in [0.25, 0.3) is 5.91 Å². The van der Waals surface area contributed by atoms with E-state index in [1.807, 2.05) is 24.3 Å². The summed E-state index contributed by atoms with van der Waals surface area (Å²) in [4.78, 5) is 37.1. The monoisotopic (exact) mass is 518 g/mol. The fourth-order valence-corrected chi connectivity index (χ4v) is 4.40. The van der Waals surface area contributed by atoms with Crippen LogP contribution in [0.2, 0.25) is 0 Å². The Morgan fingerprint density at radius 3 is 2.55 bits per heavy atom. The van der Waals surface area contributed by atoms with Crippen LogP contribution in [0.5, 0.6) is 0 Å². The van der Waals surface area contributed by atoms with Gasteiger partial charge >= 0.3 is 0 Å². The van der Waals surface area contributed by atoms with Gasteiger partial charge in [0.2, 0.25) is 5.91 Å². The van der Waals surface area contributed by atoms with Gasteiger partial charge in [-0.25, -0.2) is 18.9 Å². The van der Waals surface area contributed by atoms with Gasteiger partial charge in [-0.15, -0.1) is 5.10 Å². The zero-order valence-corrected chi connectivity index (χ0v) is 20.4. The van der Waals surface area contributed by atoms with Gasteiger partial charge in [-0.2, -0.15) is 0 Å². The molecule has 0 spiro atoms. The number of nitrogens with zero attached hydrogens (tertiary/aromatic N) is 5. The van der Waals surface area contributed by atoms with Crippen molar-refractivity contribution >= 4 is 40.5 Å². The van der Waals surface area contributed by atoms with E-state index in [2.05, 4.69) is 41.3 Å². The number of halogens is 1. The van der Waals surface area contributed by atoms with Crippen LogP contribution in [-0.2, 0) is 4.79 Å². The molecule has 2 amide bonds. The van der Waals surface area contributed by atoms with Crippen LogP contribution < -0.4 is 27.0 Å². The van der Waals surface area contributed by atoms with Gasteiger partial charge in [0.15, 0.2) is 17.2 Å². The van der Waals surface area contributed by atoms with Crippen molar-refractivity contribution in [3.05, 3.63) is 66.6 Å². The molecule has 0 saturated heterocycles. The number of aromatic nitrogens is 5. The molecule has 0 atom stereocenters. The van der Waals surface area contributed by atoms with Crippen LogP contribution in [0.1, 0.15) is 36.2 Å². The van der Waals surface area contributed by atoms with Crippen molar-refractivity contribution < 1.29 is 14.0 Å². The van der Waals surface area contributed by atoms with E-state index in [1.54, 1.807) is 6.20 Å². The Morgan fingerprint density at radius 1 is 1.00 bits per heavy atom. The number of hydrogen-bond donors (Lipinski definition) is 5. The summed E-state index contributed by atoms with van der Waals surface area (Å²) in [5, 5.41) is 16.8. The maximum absolute atomic E-state index is 14.1. The van der Waals surface area contributed by atoms with Gasteiger partial charge in [0, 0.05) is 30.5 Å². The molecule has 0 bridgehead atoms. The highest BCUT2D eigenvalue weighted by molar-refractivity contribution is 6.03. The van der Waals surface area contributed by atoms with E-state index >= 15 is 0 Å². The van der Waals surface area contributed by atoms with Crippen molar-refractivity contribution in [1.29, 1.82) is 0 Å². The third kappa shape index (κ3) is 5.67. The second-order valence-corrected chi connectivity index (χ2v) is 8.94. The SMILES string of the molecule is NCC(=O)NC1CCC(Nc2cc(Nc3ccccn3)c3ncc(C(=O)Nc4ccncc4F)n3n2)CC1. The van der Waals surface area contributed by atoms with Gasteiger partial charge in [-0.05, 0) is 43.9 Å². The van der Waals surface area contributed by atoms with Crippen molar-refractivity contribution in [3.8, 4) is 0 Å². The van der Waals surface area contributed by atoms with Crippen LogP contribution in [0, 0.1) is 5.82 Å². The summed E-state index contributed by atoms with van der Waals surface area (Å²) in [7, 11) is 0. The second kappa shape index (κ2) is 11.2. The standard InChI is InChI=1S/C25H27FN10O2/c26-17-13-28-10-8-18(17)34-25(38)20-14-30-24-19(33-21-3-1-2-9-29-21)11-22(35-36(20)24)31-15-4-6-16(7-5-15)32-23(37)12-27/h1-3,8-11,13-16H,4-7,12,27H2,(H,29,33)(H,31,35)(H,32,37)(H,28,34,38). The molecule has 0 aromatic carbocycles. The summed E-state index contributed by atoms with van der Waals surface area (Å²) in [6, 6.07) is 8.86. The zero-order valence-electron chi connectivity index (χ0n) is 20.4. The Bertz CT molecular complexity index is 1440. The minimum absolute atomic E-state index is 0.000417. The summed E-state index contributed by atoms with van der Waals surface area (Å²) in [5.74, 6) is -0.271. The van der Waals surface area contributed by atoms with E-state index in [4.69, 9.17) is 5.73 Å². The smallest absolute Gasteiger partial charge is 0.276 e. The van der Waals surface area contributed by atoms with Crippen LogP contribution in [0.15, 0.2) is 55.1 Å². The Balaban J connectivity index is 1.41. The molecule has 1 aliphatic rings. The lowest BCUT2D eigenvalue weighted by Crippen LogP contribution is -2.42. The van der Waals surface area contributed by atoms with Gasteiger partial charge in [-0.3, -0.25) is 14.6 Å². The molecule has 0 radical (unpaired) electrons. The summed E-state index contributed by atoms with van der Waals surface area (Å²) in [6.07, 6.45) is 8.70. The van der Waals surface area contributed by atoms with E-state index in [9.17, 15) is 14.0 Å². The number of carbonyl (C=O) groups is 2. The molecule has 12 nitrogen and oxygen atoms in total. The molecule has 0 unspecified atom stereocenters. The molecule has 4 aromatic heterocycles. The average Bonchev–Trinajstić information content (AvgIpc) is 3.36. The topological polar surface area (TPSA) is 164 Å². The predicted molar refractivity (Wildman–Crippen MR) is 140 cm³/mol. The summed E-state index contributed by atoms with van der Waals surface area (Å²) < 4.78 is 15.5. The maximum Gasteiger partial charge on any atom is 0.276 e. The van der Waals surface area contributed by atoms with Crippen molar-refractivity contribution in [2.75, 3.05) is 22.5 Å². The van der Waals surface area contributed by atoms with Crippen molar-refractivity contribution in [3.63, 3.8) is 0 Å². The number of hydrogen-bond acceptors (Lipinski definition) is 9. The number of imidazole rings is 1.